The predicted molar refractivity (Wildman–Crippen MR) is 196 cm³/mol. The summed E-state index contributed by atoms with van der Waals surface area (Å²) >= 11 is 0. The van der Waals surface area contributed by atoms with E-state index in [4.69, 9.17) is 0 Å². The molecule has 0 fully saturated rings. The molecule has 0 aliphatic rings. The Kier molecular flexibility index (Phi) is 11.7. The van der Waals surface area contributed by atoms with Crippen LogP contribution in [0.15, 0.2) is 104 Å². The molecule has 0 saturated heterocycles. The number of rotatable bonds is 19. The van der Waals surface area contributed by atoms with E-state index >= 15 is 0 Å². The van der Waals surface area contributed by atoms with Gasteiger partial charge in [-0.25, -0.2) is 9.13 Å². The molecule has 0 unspecified atom stereocenters. The first-order valence-corrected chi connectivity index (χ1v) is 18.4. The zero-order chi connectivity index (χ0) is 31.4. The van der Waals surface area contributed by atoms with Crippen LogP contribution in [0.2, 0.25) is 0 Å². The third-order valence-corrected chi connectivity index (χ3v) is 10.1. The molecule has 6 aromatic rings. The highest BCUT2D eigenvalue weighted by molar-refractivity contribution is 6.23. The lowest BCUT2D eigenvalue weighted by atomic mass is 9.90. The molecule has 2 nitrogen and oxygen atoms in total. The maximum atomic E-state index is 2.37. The third-order valence-electron chi connectivity index (χ3n) is 10.1. The number of nitrogens with zero attached hydrogens (tertiary/aromatic N) is 2. The SMILES string of the molecule is CCCCCCCCCCCC[n+]1ccc(-c2cc[n+](CCCCCCc3ccc4ccc5cccc6ccc3c4c56)cc2)cc1. The van der Waals surface area contributed by atoms with Crippen LogP contribution < -0.4 is 9.13 Å². The lowest BCUT2D eigenvalue weighted by Crippen LogP contribution is -2.33. The zero-order valence-corrected chi connectivity index (χ0v) is 28.2. The third kappa shape index (κ3) is 8.32. The van der Waals surface area contributed by atoms with Crippen molar-refractivity contribution < 1.29 is 9.13 Å². The van der Waals surface area contributed by atoms with Crippen LogP contribution in [0.4, 0.5) is 0 Å². The lowest BCUT2D eigenvalue weighted by molar-refractivity contribution is -0.697. The summed E-state index contributed by atoms with van der Waals surface area (Å²) in [6.07, 6.45) is 29.1. The van der Waals surface area contributed by atoms with E-state index in [1.807, 2.05) is 0 Å². The molecule has 0 atom stereocenters. The van der Waals surface area contributed by atoms with Crippen LogP contribution in [0.3, 0.4) is 0 Å². The second-order valence-electron chi connectivity index (χ2n) is 13.6. The second-order valence-corrected chi connectivity index (χ2v) is 13.6. The van der Waals surface area contributed by atoms with Gasteiger partial charge in [-0.15, -0.1) is 0 Å². The van der Waals surface area contributed by atoms with Gasteiger partial charge in [-0.3, -0.25) is 0 Å². The minimum atomic E-state index is 1.09. The van der Waals surface area contributed by atoms with Gasteiger partial charge in [0.2, 0.25) is 0 Å². The highest BCUT2D eigenvalue weighted by Crippen LogP contribution is 2.36. The minimum absolute atomic E-state index is 1.09. The van der Waals surface area contributed by atoms with Crippen molar-refractivity contribution in [1.82, 2.24) is 0 Å². The van der Waals surface area contributed by atoms with Crippen molar-refractivity contribution in [3.05, 3.63) is 109 Å². The first-order valence-electron chi connectivity index (χ1n) is 18.4. The molecule has 46 heavy (non-hydrogen) atoms. The van der Waals surface area contributed by atoms with E-state index in [9.17, 15) is 0 Å². The van der Waals surface area contributed by atoms with Gasteiger partial charge in [0, 0.05) is 37.1 Å². The van der Waals surface area contributed by atoms with E-state index in [0.717, 1.165) is 19.5 Å². The first-order chi connectivity index (χ1) is 22.8. The van der Waals surface area contributed by atoms with Crippen molar-refractivity contribution >= 4 is 32.3 Å². The van der Waals surface area contributed by atoms with Gasteiger partial charge >= 0.3 is 0 Å². The summed E-state index contributed by atoms with van der Waals surface area (Å²) in [6, 6.07) is 29.7. The maximum Gasteiger partial charge on any atom is 0.169 e. The lowest BCUT2D eigenvalue weighted by Gasteiger charge is -2.13. The molecule has 0 amide bonds. The van der Waals surface area contributed by atoms with Crippen molar-refractivity contribution in [2.24, 2.45) is 0 Å². The summed E-state index contributed by atoms with van der Waals surface area (Å²) in [5.41, 5.74) is 4.11. The average Bonchev–Trinajstić information content (AvgIpc) is 3.10. The van der Waals surface area contributed by atoms with E-state index in [0.29, 0.717) is 0 Å². The molecule has 0 N–H and O–H groups in total. The number of aromatic nitrogens is 2. The Morgan fingerprint density at radius 3 is 1.43 bits per heavy atom. The summed E-state index contributed by atoms with van der Waals surface area (Å²) < 4.78 is 4.69. The Hall–Kier alpha value is -3.78. The summed E-state index contributed by atoms with van der Waals surface area (Å²) in [5, 5.41) is 8.39. The summed E-state index contributed by atoms with van der Waals surface area (Å²) in [5.74, 6) is 0. The Bertz CT molecular complexity index is 1750. The van der Waals surface area contributed by atoms with Crippen LogP contribution >= 0.6 is 0 Å². The molecule has 0 bridgehead atoms. The van der Waals surface area contributed by atoms with Gasteiger partial charge in [0.05, 0.1) is 0 Å². The van der Waals surface area contributed by atoms with Gasteiger partial charge in [-0.05, 0) is 74.7 Å². The van der Waals surface area contributed by atoms with Crippen molar-refractivity contribution in [2.45, 2.75) is 116 Å². The van der Waals surface area contributed by atoms with Crippen LogP contribution in [0.25, 0.3) is 43.4 Å². The Balaban J connectivity index is 0.887. The van der Waals surface area contributed by atoms with Gasteiger partial charge in [0.15, 0.2) is 24.8 Å². The molecule has 238 valence electrons. The number of benzene rings is 4. The monoisotopic (exact) mass is 610 g/mol. The Morgan fingerprint density at radius 1 is 0.413 bits per heavy atom. The molecule has 0 radical (unpaired) electrons. The molecule has 6 rings (SSSR count). The topological polar surface area (TPSA) is 7.76 Å². The van der Waals surface area contributed by atoms with Crippen molar-refractivity contribution in [3.63, 3.8) is 0 Å². The van der Waals surface area contributed by atoms with Gasteiger partial charge in [-0.1, -0.05) is 119 Å². The molecule has 0 aliphatic carbocycles. The number of hydrogen-bond donors (Lipinski definition) is 0. The minimum Gasteiger partial charge on any atom is -0.205 e. The van der Waals surface area contributed by atoms with Crippen LogP contribution in [0, 0.1) is 0 Å². The molecule has 2 heteroatoms. The summed E-state index contributed by atoms with van der Waals surface area (Å²) in [4.78, 5) is 0. The number of pyridine rings is 2. The van der Waals surface area contributed by atoms with E-state index < -0.39 is 0 Å². The largest absolute Gasteiger partial charge is 0.205 e. The molecule has 0 saturated carbocycles. The fraction of sp³-hybridized carbons (Fsp3) is 0.409. The average molecular weight is 611 g/mol. The Labute approximate surface area is 277 Å². The molecule has 2 heterocycles. The van der Waals surface area contributed by atoms with E-state index in [2.05, 4.69) is 120 Å². The molecule has 0 spiro atoms. The van der Waals surface area contributed by atoms with Crippen LogP contribution in [-0.4, -0.2) is 0 Å². The van der Waals surface area contributed by atoms with Crippen LogP contribution in [0.5, 0.6) is 0 Å². The second kappa shape index (κ2) is 16.7. The maximum absolute atomic E-state index is 2.37. The molecular formula is C44H54N2+2. The van der Waals surface area contributed by atoms with Crippen molar-refractivity contribution in [3.8, 4) is 11.1 Å². The highest BCUT2D eigenvalue weighted by atomic mass is 14.9. The zero-order valence-electron chi connectivity index (χ0n) is 28.2. The van der Waals surface area contributed by atoms with Crippen molar-refractivity contribution in [2.75, 3.05) is 0 Å². The molecule has 2 aromatic heterocycles. The van der Waals surface area contributed by atoms with Crippen LogP contribution in [-0.2, 0) is 19.5 Å². The van der Waals surface area contributed by atoms with Gasteiger partial charge in [-0.2, -0.15) is 0 Å². The van der Waals surface area contributed by atoms with E-state index in [1.165, 1.54) is 139 Å². The number of hydrogen-bond acceptors (Lipinski definition) is 0. The van der Waals surface area contributed by atoms with E-state index in [1.54, 1.807) is 0 Å². The fourth-order valence-electron chi connectivity index (χ4n) is 7.36. The molecule has 4 aromatic carbocycles. The molecule has 0 aliphatic heterocycles. The first kappa shape index (κ1) is 32.2. The van der Waals surface area contributed by atoms with Gasteiger partial charge < -0.3 is 0 Å². The Morgan fingerprint density at radius 2 is 0.870 bits per heavy atom. The van der Waals surface area contributed by atoms with Crippen molar-refractivity contribution in [1.29, 1.82) is 0 Å². The summed E-state index contributed by atoms with van der Waals surface area (Å²) in [7, 11) is 0. The predicted octanol–water partition coefficient (Wildman–Crippen LogP) is 11.5. The van der Waals surface area contributed by atoms with Gasteiger partial charge in [0.25, 0.3) is 0 Å². The van der Waals surface area contributed by atoms with Crippen LogP contribution in [0.1, 0.15) is 102 Å². The normalized spacial score (nSPS) is 11.8. The molecular weight excluding hydrogens is 556 g/mol. The van der Waals surface area contributed by atoms with Gasteiger partial charge in [0.1, 0.15) is 13.1 Å². The smallest absolute Gasteiger partial charge is 0.169 e. The van der Waals surface area contributed by atoms with E-state index in [-0.39, 0.29) is 0 Å². The quantitative estimate of drug-likeness (QED) is 0.0490. The number of unbranched alkanes of at least 4 members (excludes halogenated alkanes) is 12. The fourth-order valence-corrected chi connectivity index (χ4v) is 7.36. The highest BCUT2D eigenvalue weighted by Gasteiger charge is 2.11. The standard InChI is InChI=1S/C44H54N2/c1-2-3-4-5-6-7-8-9-11-14-30-45-32-26-36(27-33-45)37-28-34-46(35-29-37)31-15-12-10-13-17-38-20-21-41-23-22-39-18-16-19-40-24-25-42(38)44(41)43(39)40/h16,18-29,32-35H,2-15,17,30-31H2,1H3/q+2. The summed E-state index contributed by atoms with van der Waals surface area (Å²) in [6.45, 7) is 4.51. The number of aryl methyl sites for hydroxylation is 3.